The van der Waals surface area contributed by atoms with Crippen molar-refractivity contribution in [2.75, 3.05) is 21.3 Å². The summed E-state index contributed by atoms with van der Waals surface area (Å²) in [5, 5.41) is 29.9. The lowest BCUT2D eigenvalue weighted by molar-refractivity contribution is 0.355. The molecule has 26 heavy (non-hydrogen) atoms. The molecular weight excluding hydrogens is 344 g/mol. The lowest BCUT2D eigenvalue weighted by Crippen LogP contribution is -2.04. The second-order valence-electron chi connectivity index (χ2n) is 5.33. The van der Waals surface area contributed by atoms with Gasteiger partial charge in [0.05, 0.1) is 21.3 Å². The lowest BCUT2D eigenvalue weighted by atomic mass is 10.1. The number of phenolic OH excluding ortho intramolecular Hbond substituents is 2. The van der Waals surface area contributed by atoms with Crippen molar-refractivity contribution in [3.63, 3.8) is 0 Å². The van der Waals surface area contributed by atoms with Crippen LogP contribution >= 0.6 is 0 Å². The summed E-state index contributed by atoms with van der Waals surface area (Å²) in [7, 11) is 4.19. The fourth-order valence-corrected chi connectivity index (χ4v) is 2.67. The van der Waals surface area contributed by atoms with E-state index in [1.54, 1.807) is 12.1 Å². The average molecular weight is 360 g/mol. The Morgan fingerprint density at radius 3 is 2.19 bits per heavy atom. The summed E-state index contributed by atoms with van der Waals surface area (Å²) in [5.41, 5.74) is -0.742. The minimum atomic E-state index is -0.869. The Kier molecular flexibility index (Phi) is 4.25. The average Bonchev–Trinajstić information content (AvgIpc) is 2.63. The zero-order chi connectivity index (χ0) is 19.0. The van der Waals surface area contributed by atoms with Crippen molar-refractivity contribution >= 4 is 11.0 Å². The quantitative estimate of drug-likeness (QED) is 0.650. The third-order valence-electron chi connectivity index (χ3n) is 3.91. The topological polar surface area (TPSA) is 119 Å². The predicted molar refractivity (Wildman–Crippen MR) is 92.6 cm³/mol. The van der Waals surface area contributed by atoms with E-state index in [0.717, 1.165) is 6.07 Å². The van der Waals surface area contributed by atoms with Crippen LogP contribution in [0.25, 0.3) is 22.3 Å². The molecule has 3 rings (SSSR count). The van der Waals surface area contributed by atoms with E-state index >= 15 is 0 Å². The molecule has 0 aliphatic rings. The maximum absolute atomic E-state index is 12.5. The van der Waals surface area contributed by atoms with Crippen molar-refractivity contribution in [2.24, 2.45) is 0 Å². The molecule has 1 heterocycles. The number of hydrogen-bond donors (Lipinski definition) is 3. The van der Waals surface area contributed by atoms with Crippen LogP contribution in [0.15, 0.2) is 33.5 Å². The molecule has 3 aromatic rings. The highest BCUT2D eigenvalue weighted by Gasteiger charge is 2.23. The van der Waals surface area contributed by atoms with Gasteiger partial charge in [0, 0.05) is 11.6 Å². The van der Waals surface area contributed by atoms with Crippen LogP contribution in [-0.4, -0.2) is 36.6 Å². The third-order valence-corrected chi connectivity index (χ3v) is 3.91. The molecule has 2 aromatic carbocycles. The first kappa shape index (κ1) is 17.3. The van der Waals surface area contributed by atoms with Gasteiger partial charge in [-0.1, -0.05) is 0 Å². The molecule has 0 spiro atoms. The number of aromatic hydroxyl groups is 3. The SMILES string of the molecule is COc1ccc(-c2oc3c(OC)c(O)cc(O)c3c(=O)c2O)cc1OC. The highest BCUT2D eigenvalue weighted by atomic mass is 16.5. The Balaban J connectivity index is 2.38. The highest BCUT2D eigenvalue weighted by Crippen LogP contribution is 2.43. The fraction of sp³-hybridized carbons (Fsp3) is 0.167. The maximum Gasteiger partial charge on any atom is 0.238 e. The predicted octanol–water partition coefficient (Wildman–Crippen LogP) is 2.60. The van der Waals surface area contributed by atoms with Crippen LogP contribution in [0.3, 0.4) is 0 Å². The third kappa shape index (κ3) is 2.52. The molecule has 0 amide bonds. The van der Waals surface area contributed by atoms with Crippen molar-refractivity contribution in [1.29, 1.82) is 0 Å². The van der Waals surface area contributed by atoms with Crippen LogP contribution in [0.4, 0.5) is 0 Å². The van der Waals surface area contributed by atoms with E-state index in [2.05, 4.69) is 0 Å². The Morgan fingerprint density at radius 1 is 0.885 bits per heavy atom. The summed E-state index contributed by atoms with van der Waals surface area (Å²) in [6, 6.07) is 5.58. The van der Waals surface area contributed by atoms with Gasteiger partial charge in [-0.2, -0.15) is 0 Å². The maximum atomic E-state index is 12.5. The molecule has 1 aromatic heterocycles. The summed E-state index contributed by atoms with van der Waals surface area (Å²) in [6.07, 6.45) is 0. The molecule has 136 valence electrons. The largest absolute Gasteiger partial charge is 0.507 e. The first-order valence-electron chi connectivity index (χ1n) is 7.44. The number of benzene rings is 2. The van der Waals surface area contributed by atoms with Crippen LogP contribution in [-0.2, 0) is 0 Å². The molecule has 0 saturated carbocycles. The first-order valence-corrected chi connectivity index (χ1v) is 7.44. The molecule has 3 N–H and O–H groups in total. The van der Waals surface area contributed by atoms with Crippen molar-refractivity contribution in [2.45, 2.75) is 0 Å². The zero-order valence-corrected chi connectivity index (χ0v) is 14.2. The molecule has 0 aliphatic heterocycles. The molecule has 0 atom stereocenters. The van der Waals surface area contributed by atoms with Gasteiger partial charge in [-0.3, -0.25) is 4.79 Å². The molecule has 0 bridgehead atoms. The molecule has 8 heteroatoms. The standard InChI is InChI=1S/C18H16O8/c1-23-11-5-4-8(6-12(11)24-2)16-15(22)14(21)13-9(19)7-10(20)17(25-3)18(13)26-16/h4-7,19-20,22H,1-3H3. The number of phenols is 2. The number of rotatable bonds is 4. The van der Waals surface area contributed by atoms with Gasteiger partial charge in [-0.25, -0.2) is 0 Å². The second-order valence-corrected chi connectivity index (χ2v) is 5.33. The minimum absolute atomic E-state index is 0.142. The number of hydrogen-bond acceptors (Lipinski definition) is 8. The van der Waals surface area contributed by atoms with Crippen LogP contribution < -0.4 is 19.6 Å². The van der Waals surface area contributed by atoms with Crippen molar-refractivity contribution < 1.29 is 33.9 Å². The van der Waals surface area contributed by atoms with Gasteiger partial charge in [-0.15, -0.1) is 0 Å². The monoisotopic (exact) mass is 360 g/mol. The van der Waals surface area contributed by atoms with Crippen LogP contribution in [0, 0.1) is 0 Å². The van der Waals surface area contributed by atoms with Gasteiger partial charge in [0.2, 0.25) is 16.9 Å². The first-order chi connectivity index (χ1) is 12.4. The number of fused-ring (bicyclic) bond motifs is 1. The van der Waals surface area contributed by atoms with E-state index in [1.165, 1.54) is 27.4 Å². The van der Waals surface area contributed by atoms with Crippen molar-refractivity contribution in [3.05, 3.63) is 34.5 Å². The van der Waals surface area contributed by atoms with Gasteiger partial charge in [-0.05, 0) is 18.2 Å². The second kappa shape index (κ2) is 6.40. The molecule has 0 saturated heterocycles. The van der Waals surface area contributed by atoms with Gasteiger partial charge < -0.3 is 33.9 Å². The molecule has 0 aliphatic carbocycles. The van der Waals surface area contributed by atoms with Crippen molar-refractivity contribution in [1.82, 2.24) is 0 Å². The van der Waals surface area contributed by atoms with E-state index in [0.29, 0.717) is 17.1 Å². The minimum Gasteiger partial charge on any atom is -0.507 e. The molecule has 0 radical (unpaired) electrons. The molecular formula is C18H16O8. The van der Waals surface area contributed by atoms with E-state index in [-0.39, 0.29) is 22.5 Å². The van der Waals surface area contributed by atoms with E-state index < -0.39 is 22.7 Å². The van der Waals surface area contributed by atoms with Gasteiger partial charge in [0.15, 0.2) is 28.6 Å². The summed E-state index contributed by atoms with van der Waals surface area (Å²) < 4.78 is 21.0. The van der Waals surface area contributed by atoms with E-state index in [4.69, 9.17) is 18.6 Å². The van der Waals surface area contributed by atoms with Crippen molar-refractivity contribution in [3.8, 4) is 45.8 Å². The molecule has 0 unspecified atom stereocenters. The highest BCUT2D eigenvalue weighted by molar-refractivity contribution is 5.93. The Bertz CT molecular complexity index is 1050. The molecule has 8 nitrogen and oxygen atoms in total. The smallest absolute Gasteiger partial charge is 0.238 e. The normalized spacial score (nSPS) is 10.7. The summed E-state index contributed by atoms with van der Waals surface area (Å²) in [6.45, 7) is 0. The van der Waals surface area contributed by atoms with Crippen LogP contribution in [0.5, 0.6) is 34.5 Å². The lowest BCUT2D eigenvalue weighted by Gasteiger charge is -2.12. The van der Waals surface area contributed by atoms with Crippen LogP contribution in [0.2, 0.25) is 0 Å². The van der Waals surface area contributed by atoms with Crippen LogP contribution in [0.1, 0.15) is 0 Å². The Morgan fingerprint density at radius 2 is 1.58 bits per heavy atom. The number of ether oxygens (including phenoxy) is 3. The summed E-state index contributed by atoms with van der Waals surface area (Å²) in [4.78, 5) is 12.5. The Hall–Kier alpha value is -3.55. The summed E-state index contributed by atoms with van der Waals surface area (Å²) in [5.74, 6) is -1.16. The summed E-state index contributed by atoms with van der Waals surface area (Å²) >= 11 is 0. The van der Waals surface area contributed by atoms with E-state index in [1.807, 2.05) is 0 Å². The zero-order valence-electron chi connectivity index (χ0n) is 14.2. The van der Waals surface area contributed by atoms with E-state index in [9.17, 15) is 20.1 Å². The van der Waals surface area contributed by atoms with Gasteiger partial charge >= 0.3 is 0 Å². The van der Waals surface area contributed by atoms with Gasteiger partial charge in [0.1, 0.15) is 11.1 Å². The van der Waals surface area contributed by atoms with Gasteiger partial charge in [0.25, 0.3) is 0 Å². The fourth-order valence-electron chi connectivity index (χ4n) is 2.67. The number of methoxy groups -OCH3 is 3. The molecule has 0 fully saturated rings. The Labute approximate surface area is 147 Å².